The van der Waals surface area contributed by atoms with Crippen LogP contribution in [0.25, 0.3) is 24.3 Å². The molecular formula is C40H54O10. The maximum Gasteiger partial charge on any atom is 0.119 e. The molecule has 0 saturated heterocycles. The van der Waals surface area contributed by atoms with Gasteiger partial charge in [-0.3, -0.25) is 0 Å². The summed E-state index contributed by atoms with van der Waals surface area (Å²) in [5, 5.41) is 0. The summed E-state index contributed by atoms with van der Waals surface area (Å²) < 4.78 is 54.1. The van der Waals surface area contributed by atoms with Gasteiger partial charge in [-0.15, -0.1) is 0 Å². The molecule has 274 valence electrons. The molecule has 10 heteroatoms. The molecule has 0 aliphatic carbocycles. The van der Waals surface area contributed by atoms with Gasteiger partial charge in [-0.05, 0) is 46.5 Å². The third-order valence-electron chi connectivity index (χ3n) is 6.98. The lowest BCUT2D eigenvalue weighted by atomic mass is 10.1. The number of hydrogen-bond acceptors (Lipinski definition) is 10. The molecule has 0 bridgehead atoms. The van der Waals surface area contributed by atoms with Gasteiger partial charge in [-0.25, -0.2) is 0 Å². The van der Waals surface area contributed by atoms with Crippen molar-refractivity contribution >= 4 is 24.3 Å². The minimum Gasteiger partial charge on any atom is -0.491 e. The predicted molar refractivity (Wildman–Crippen MR) is 197 cm³/mol. The van der Waals surface area contributed by atoms with Crippen LogP contribution in [0, 0.1) is 0 Å². The van der Waals surface area contributed by atoms with Crippen LogP contribution in [0.15, 0.2) is 72.8 Å². The highest BCUT2D eigenvalue weighted by molar-refractivity contribution is 5.73. The topological polar surface area (TPSA) is 92.3 Å². The number of ether oxygens (including phenoxy) is 10. The minimum absolute atomic E-state index is 0.483. The highest BCUT2D eigenvalue weighted by Gasteiger charge is 1.98. The number of methoxy groups -OCH3 is 2. The van der Waals surface area contributed by atoms with E-state index >= 15 is 0 Å². The molecule has 0 aliphatic heterocycles. The Bertz CT molecular complexity index is 1180. The van der Waals surface area contributed by atoms with Crippen LogP contribution in [-0.2, 0) is 37.9 Å². The third-order valence-corrected chi connectivity index (χ3v) is 6.98. The molecule has 0 aromatic heterocycles. The van der Waals surface area contributed by atoms with Crippen LogP contribution in [-0.4, -0.2) is 120 Å². The second kappa shape index (κ2) is 28.2. The van der Waals surface area contributed by atoms with E-state index in [0.717, 1.165) is 33.8 Å². The summed E-state index contributed by atoms with van der Waals surface area (Å²) in [6.07, 6.45) is 8.39. The molecular weight excluding hydrogens is 640 g/mol. The molecule has 3 rings (SSSR count). The molecule has 0 aliphatic rings. The number of benzene rings is 3. The second-order valence-corrected chi connectivity index (χ2v) is 10.8. The number of hydrogen-bond donors (Lipinski definition) is 0. The van der Waals surface area contributed by atoms with Crippen molar-refractivity contribution in [3.8, 4) is 11.5 Å². The maximum atomic E-state index is 5.78. The smallest absolute Gasteiger partial charge is 0.119 e. The van der Waals surface area contributed by atoms with Gasteiger partial charge in [-0.2, -0.15) is 0 Å². The molecule has 0 saturated carbocycles. The van der Waals surface area contributed by atoms with Crippen molar-refractivity contribution in [2.45, 2.75) is 0 Å². The maximum absolute atomic E-state index is 5.78. The Morgan fingerprint density at radius 2 is 0.520 bits per heavy atom. The quantitative estimate of drug-likeness (QED) is 0.0596. The van der Waals surface area contributed by atoms with Crippen LogP contribution in [0.2, 0.25) is 0 Å². The Morgan fingerprint density at radius 1 is 0.300 bits per heavy atom. The Kier molecular flexibility index (Phi) is 23.0. The van der Waals surface area contributed by atoms with Gasteiger partial charge in [0.2, 0.25) is 0 Å². The lowest BCUT2D eigenvalue weighted by Gasteiger charge is -2.08. The van der Waals surface area contributed by atoms with Gasteiger partial charge in [-0.1, -0.05) is 72.8 Å². The fraction of sp³-hybridized carbons (Fsp3) is 0.450. The van der Waals surface area contributed by atoms with Crippen molar-refractivity contribution in [2.24, 2.45) is 0 Å². The Balaban J connectivity index is 1.23. The molecule has 0 N–H and O–H groups in total. The predicted octanol–water partition coefficient (Wildman–Crippen LogP) is 6.18. The monoisotopic (exact) mass is 694 g/mol. The Morgan fingerprint density at radius 3 is 0.780 bits per heavy atom. The Hall–Kier alpha value is -3.58. The van der Waals surface area contributed by atoms with Gasteiger partial charge in [0, 0.05) is 14.2 Å². The van der Waals surface area contributed by atoms with Crippen molar-refractivity contribution < 1.29 is 47.4 Å². The van der Waals surface area contributed by atoms with Crippen LogP contribution in [0.1, 0.15) is 22.3 Å². The first-order chi connectivity index (χ1) is 24.8. The number of rotatable bonds is 30. The first-order valence-corrected chi connectivity index (χ1v) is 17.1. The van der Waals surface area contributed by atoms with Crippen molar-refractivity contribution in [1.29, 1.82) is 0 Å². The summed E-state index contributed by atoms with van der Waals surface area (Å²) in [6.45, 7) is 8.64. The molecule has 0 heterocycles. The van der Waals surface area contributed by atoms with Crippen molar-refractivity contribution in [3.05, 3.63) is 95.1 Å². The van der Waals surface area contributed by atoms with Gasteiger partial charge in [0.25, 0.3) is 0 Å². The molecule has 0 amide bonds. The zero-order valence-electron chi connectivity index (χ0n) is 29.6. The third kappa shape index (κ3) is 20.2. The highest BCUT2D eigenvalue weighted by atomic mass is 16.6. The SMILES string of the molecule is COCCOCCOCCOCCOc1ccc(/C=C/c2ccc(/C=C/c3ccc(OCCOCCOCCOCCOC)cc3)cc2)cc1. The van der Waals surface area contributed by atoms with E-state index in [1.807, 2.05) is 48.5 Å². The molecule has 3 aromatic rings. The molecule has 0 fully saturated rings. The molecule has 3 aromatic carbocycles. The van der Waals surface area contributed by atoms with Crippen LogP contribution in [0.4, 0.5) is 0 Å². The lowest BCUT2D eigenvalue weighted by molar-refractivity contribution is 0.000164. The highest BCUT2D eigenvalue weighted by Crippen LogP contribution is 2.17. The molecule has 0 atom stereocenters. The van der Waals surface area contributed by atoms with Crippen LogP contribution in [0.3, 0.4) is 0 Å². The molecule has 0 unspecified atom stereocenters. The van der Waals surface area contributed by atoms with Crippen molar-refractivity contribution in [2.75, 3.05) is 120 Å². The van der Waals surface area contributed by atoms with Gasteiger partial charge in [0.1, 0.15) is 24.7 Å². The van der Waals surface area contributed by atoms with E-state index in [4.69, 9.17) is 47.4 Å². The summed E-state index contributed by atoms with van der Waals surface area (Å²) in [4.78, 5) is 0. The van der Waals surface area contributed by atoms with E-state index in [0.29, 0.717) is 106 Å². The van der Waals surface area contributed by atoms with Crippen molar-refractivity contribution in [3.63, 3.8) is 0 Å². The van der Waals surface area contributed by atoms with Gasteiger partial charge < -0.3 is 47.4 Å². The fourth-order valence-corrected chi connectivity index (χ4v) is 4.26. The van der Waals surface area contributed by atoms with Crippen LogP contribution in [0.5, 0.6) is 11.5 Å². The summed E-state index contributed by atoms with van der Waals surface area (Å²) in [5.41, 5.74) is 4.45. The van der Waals surface area contributed by atoms with E-state index in [1.165, 1.54) is 0 Å². The van der Waals surface area contributed by atoms with Crippen molar-refractivity contribution in [1.82, 2.24) is 0 Å². The van der Waals surface area contributed by atoms with Gasteiger partial charge >= 0.3 is 0 Å². The summed E-state index contributed by atoms with van der Waals surface area (Å²) in [7, 11) is 3.30. The average Bonchev–Trinajstić information content (AvgIpc) is 3.15. The average molecular weight is 695 g/mol. The normalized spacial score (nSPS) is 11.6. The van der Waals surface area contributed by atoms with E-state index in [-0.39, 0.29) is 0 Å². The zero-order chi connectivity index (χ0) is 35.2. The summed E-state index contributed by atoms with van der Waals surface area (Å²) in [5.74, 6) is 1.63. The zero-order valence-corrected chi connectivity index (χ0v) is 29.6. The standard InChI is InChI=1S/C40H54O10/c1-41-19-21-43-23-25-45-27-29-47-31-33-49-39-15-11-37(12-16-39)9-7-35-3-5-36(6-4-35)8-10-38-13-17-40(18-14-38)50-34-32-48-30-28-46-26-24-44-22-20-42-2/h3-18H,19-34H2,1-2H3/b9-7+,10-8+. The molecule has 50 heavy (non-hydrogen) atoms. The van der Waals surface area contributed by atoms with E-state index < -0.39 is 0 Å². The van der Waals surface area contributed by atoms with E-state index in [2.05, 4.69) is 48.6 Å². The molecule has 0 spiro atoms. The van der Waals surface area contributed by atoms with Crippen LogP contribution >= 0.6 is 0 Å². The van der Waals surface area contributed by atoms with Gasteiger partial charge in [0.05, 0.1) is 92.5 Å². The first kappa shape index (κ1) is 40.8. The minimum atomic E-state index is 0.483. The summed E-state index contributed by atoms with van der Waals surface area (Å²) >= 11 is 0. The van der Waals surface area contributed by atoms with E-state index in [9.17, 15) is 0 Å². The Labute approximate surface area is 297 Å². The molecule has 0 radical (unpaired) electrons. The second-order valence-electron chi connectivity index (χ2n) is 10.8. The summed E-state index contributed by atoms with van der Waals surface area (Å²) in [6, 6.07) is 24.5. The molecule has 10 nitrogen and oxygen atoms in total. The van der Waals surface area contributed by atoms with E-state index in [1.54, 1.807) is 14.2 Å². The fourth-order valence-electron chi connectivity index (χ4n) is 4.26. The van der Waals surface area contributed by atoms with Crippen LogP contribution < -0.4 is 9.47 Å². The first-order valence-electron chi connectivity index (χ1n) is 17.1. The van der Waals surface area contributed by atoms with Gasteiger partial charge in [0.15, 0.2) is 0 Å². The lowest BCUT2D eigenvalue weighted by Crippen LogP contribution is -2.13. The largest absolute Gasteiger partial charge is 0.491 e.